The number of thiazole rings is 1. The summed E-state index contributed by atoms with van der Waals surface area (Å²) in [7, 11) is 4.02. The Morgan fingerprint density at radius 1 is 1.11 bits per heavy atom. The van der Waals surface area contributed by atoms with Gasteiger partial charge in [-0.1, -0.05) is 35.1 Å². The molecule has 0 bridgehead atoms. The lowest BCUT2D eigenvalue weighted by atomic mass is 10.1. The van der Waals surface area contributed by atoms with Gasteiger partial charge in [-0.05, 0) is 35.0 Å². The van der Waals surface area contributed by atoms with Crippen molar-refractivity contribution in [2.45, 2.75) is 17.9 Å². The summed E-state index contributed by atoms with van der Waals surface area (Å²) in [5, 5.41) is 5.35. The van der Waals surface area contributed by atoms with Gasteiger partial charge in [-0.2, -0.15) is 0 Å². The molecule has 1 aliphatic rings. The van der Waals surface area contributed by atoms with Gasteiger partial charge in [-0.3, -0.25) is 23.7 Å². The standard InChI is InChI=1S/C25H30ClN5O3S2/c1-27-24(33)23-21(29(3)25(28-2)35-23)16-30-9-11-31(12-10-30)22(32)8-13-36(34)20-7-5-17-14-19(26)6-4-18(17)15-20/h4-7,14-15H,8-13,16H2,1-3H3,(H,27,33). The summed E-state index contributed by atoms with van der Waals surface area (Å²) < 4.78 is 14.8. The molecule has 0 spiro atoms. The van der Waals surface area contributed by atoms with E-state index in [1.54, 1.807) is 14.1 Å². The number of hydrogen-bond acceptors (Lipinski definition) is 6. The van der Waals surface area contributed by atoms with Gasteiger partial charge in [0.25, 0.3) is 5.91 Å². The predicted octanol–water partition coefficient (Wildman–Crippen LogP) is 2.63. The molecule has 1 N–H and O–H groups in total. The second-order valence-corrected chi connectivity index (χ2v) is 11.6. The van der Waals surface area contributed by atoms with Gasteiger partial charge in [0, 0.05) is 76.0 Å². The summed E-state index contributed by atoms with van der Waals surface area (Å²) in [6.07, 6.45) is 0.243. The first-order valence-electron chi connectivity index (χ1n) is 11.7. The monoisotopic (exact) mass is 547 g/mol. The molecule has 1 saturated heterocycles. The molecule has 0 aliphatic carbocycles. The molecule has 11 heteroatoms. The van der Waals surface area contributed by atoms with E-state index in [-0.39, 0.29) is 18.2 Å². The fraction of sp³-hybridized carbons (Fsp3) is 0.400. The predicted molar refractivity (Wildman–Crippen MR) is 145 cm³/mol. The number of hydrogen-bond donors (Lipinski definition) is 1. The maximum Gasteiger partial charge on any atom is 0.263 e. The lowest BCUT2D eigenvalue weighted by Crippen LogP contribution is -2.48. The van der Waals surface area contributed by atoms with Gasteiger partial charge in [0.15, 0.2) is 4.80 Å². The Balaban J connectivity index is 1.31. The number of aromatic nitrogens is 1. The number of piperazine rings is 1. The molecule has 4 rings (SSSR count). The Morgan fingerprint density at radius 3 is 2.50 bits per heavy atom. The van der Waals surface area contributed by atoms with E-state index in [4.69, 9.17) is 11.6 Å². The second-order valence-electron chi connectivity index (χ2n) is 8.63. The summed E-state index contributed by atoms with van der Waals surface area (Å²) in [5.74, 6) is 0.203. The zero-order valence-electron chi connectivity index (χ0n) is 20.6. The van der Waals surface area contributed by atoms with E-state index < -0.39 is 10.8 Å². The van der Waals surface area contributed by atoms with Crippen LogP contribution in [-0.2, 0) is 29.2 Å². The maximum absolute atomic E-state index is 12.8. The van der Waals surface area contributed by atoms with Gasteiger partial charge in [-0.15, -0.1) is 0 Å². The van der Waals surface area contributed by atoms with Crippen LogP contribution in [0.4, 0.5) is 0 Å². The van der Waals surface area contributed by atoms with Crippen molar-refractivity contribution < 1.29 is 13.8 Å². The third kappa shape index (κ3) is 5.88. The van der Waals surface area contributed by atoms with E-state index in [1.165, 1.54) is 11.3 Å². The lowest BCUT2D eigenvalue weighted by molar-refractivity contribution is -0.132. The van der Waals surface area contributed by atoms with Crippen molar-refractivity contribution in [3.8, 4) is 0 Å². The highest BCUT2D eigenvalue weighted by molar-refractivity contribution is 7.85. The first-order chi connectivity index (χ1) is 17.3. The van der Waals surface area contributed by atoms with Crippen molar-refractivity contribution in [3.63, 3.8) is 0 Å². The minimum Gasteiger partial charge on any atom is -0.354 e. The molecular formula is C25H30ClN5O3S2. The van der Waals surface area contributed by atoms with Crippen molar-refractivity contribution in [1.82, 2.24) is 19.7 Å². The van der Waals surface area contributed by atoms with Crippen LogP contribution >= 0.6 is 22.9 Å². The van der Waals surface area contributed by atoms with Crippen LogP contribution in [0.5, 0.6) is 0 Å². The Kier molecular flexibility index (Phi) is 8.61. The Hall–Kier alpha value is -2.53. The molecule has 36 heavy (non-hydrogen) atoms. The average Bonchev–Trinajstić information content (AvgIpc) is 3.21. The van der Waals surface area contributed by atoms with Crippen LogP contribution in [0.2, 0.25) is 5.02 Å². The third-order valence-electron chi connectivity index (χ3n) is 6.41. The van der Waals surface area contributed by atoms with Gasteiger partial charge in [-0.25, -0.2) is 0 Å². The topological polar surface area (TPSA) is 87.0 Å². The molecule has 2 amide bonds. The summed E-state index contributed by atoms with van der Waals surface area (Å²) in [6, 6.07) is 11.3. The van der Waals surface area contributed by atoms with Crippen molar-refractivity contribution in [2.24, 2.45) is 12.0 Å². The lowest BCUT2D eigenvalue weighted by Gasteiger charge is -2.35. The molecule has 1 fully saturated rings. The van der Waals surface area contributed by atoms with E-state index in [1.807, 2.05) is 52.9 Å². The van der Waals surface area contributed by atoms with E-state index in [0.717, 1.165) is 26.2 Å². The number of nitrogens with zero attached hydrogens (tertiary/aromatic N) is 4. The van der Waals surface area contributed by atoms with E-state index in [0.29, 0.717) is 48.4 Å². The van der Waals surface area contributed by atoms with Crippen LogP contribution in [0.1, 0.15) is 21.8 Å². The number of amides is 2. The number of carbonyl (C=O) groups is 2. The van der Waals surface area contributed by atoms with E-state index in [2.05, 4.69) is 15.2 Å². The largest absolute Gasteiger partial charge is 0.354 e. The molecule has 1 aliphatic heterocycles. The number of nitrogens with one attached hydrogen (secondary N) is 1. The van der Waals surface area contributed by atoms with Gasteiger partial charge in [0.1, 0.15) is 4.88 Å². The van der Waals surface area contributed by atoms with Gasteiger partial charge >= 0.3 is 0 Å². The average molecular weight is 548 g/mol. The summed E-state index contributed by atoms with van der Waals surface area (Å²) in [4.78, 5) is 35.7. The van der Waals surface area contributed by atoms with Crippen LogP contribution in [0.15, 0.2) is 46.3 Å². The van der Waals surface area contributed by atoms with Crippen LogP contribution in [0, 0.1) is 0 Å². The molecule has 3 aromatic rings. The molecule has 192 valence electrons. The fourth-order valence-corrected chi connectivity index (χ4v) is 6.60. The second kappa shape index (κ2) is 11.7. The molecular weight excluding hydrogens is 518 g/mol. The highest BCUT2D eigenvalue weighted by Crippen LogP contribution is 2.22. The van der Waals surface area contributed by atoms with E-state index in [9.17, 15) is 13.8 Å². The van der Waals surface area contributed by atoms with E-state index >= 15 is 0 Å². The zero-order chi connectivity index (χ0) is 25.8. The number of benzene rings is 2. The number of fused-ring (bicyclic) bond motifs is 1. The highest BCUT2D eigenvalue weighted by atomic mass is 35.5. The Labute approximate surface area is 222 Å². The molecule has 0 radical (unpaired) electrons. The normalized spacial score (nSPS) is 15.9. The molecule has 8 nitrogen and oxygen atoms in total. The molecule has 2 aromatic carbocycles. The van der Waals surface area contributed by atoms with Crippen molar-refractivity contribution in [1.29, 1.82) is 0 Å². The Bertz CT molecular complexity index is 1380. The first kappa shape index (κ1) is 26.5. The van der Waals surface area contributed by atoms with Gasteiger partial charge in [0.05, 0.1) is 16.5 Å². The molecule has 1 unspecified atom stereocenters. The fourth-order valence-electron chi connectivity index (χ4n) is 4.31. The van der Waals surface area contributed by atoms with Crippen molar-refractivity contribution in [3.05, 3.63) is 56.8 Å². The summed E-state index contributed by atoms with van der Waals surface area (Å²) in [5.41, 5.74) is 0.924. The third-order valence-corrected chi connectivity index (χ3v) is 9.26. The van der Waals surface area contributed by atoms with Crippen LogP contribution < -0.4 is 10.1 Å². The SMILES string of the molecule is CN=c1sc(C(=O)NC)c(CN2CCN(C(=O)CCS(=O)c3ccc4cc(Cl)ccc4c3)CC2)n1C. The van der Waals surface area contributed by atoms with Crippen LogP contribution in [0.3, 0.4) is 0 Å². The number of halogens is 1. The summed E-state index contributed by atoms with van der Waals surface area (Å²) in [6.45, 7) is 3.25. The van der Waals surface area contributed by atoms with Gasteiger partial charge in [0.2, 0.25) is 5.91 Å². The van der Waals surface area contributed by atoms with Crippen molar-refractivity contribution in [2.75, 3.05) is 46.0 Å². The molecule has 2 heterocycles. The van der Waals surface area contributed by atoms with Gasteiger partial charge < -0.3 is 14.8 Å². The quantitative estimate of drug-likeness (QED) is 0.492. The molecule has 0 saturated carbocycles. The van der Waals surface area contributed by atoms with Crippen LogP contribution in [0.25, 0.3) is 10.8 Å². The smallest absolute Gasteiger partial charge is 0.263 e. The van der Waals surface area contributed by atoms with Crippen LogP contribution in [-0.4, -0.2) is 76.4 Å². The first-order valence-corrected chi connectivity index (χ1v) is 14.2. The maximum atomic E-state index is 12.8. The van der Waals surface area contributed by atoms with Crippen molar-refractivity contribution >= 4 is 56.3 Å². The molecule has 1 atom stereocenters. The minimum atomic E-state index is -1.25. The minimum absolute atomic E-state index is 0.0229. The number of carbonyl (C=O) groups excluding carboxylic acids is 2. The zero-order valence-corrected chi connectivity index (χ0v) is 23.0. The summed E-state index contributed by atoms with van der Waals surface area (Å²) >= 11 is 7.42. The Morgan fingerprint density at radius 2 is 1.81 bits per heavy atom. The molecule has 1 aromatic heterocycles. The highest BCUT2D eigenvalue weighted by Gasteiger charge is 2.25. The number of rotatable bonds is 7.